The number of sulfonamides is 1. The number of ether oxygens (including phenoxy) is 1. The van der Waals surface area contributed by atoms with Crippen molar-refractivity contribution in [2.45, 2.75) is 30.4 Å². The maximum atomic E-state index is 13.6. The molecule has 0 aromatic heterocycles. The Labute approximate surface area is 114 Å². The molecule has 2 atom stereocenters. The fourth-order valence-electron chi connectivity index (χ4n) is 1.84. The van der Waals surface area contributed by atoms with Gasteiger partial charge in [0.15, 0.2) is 0 Å². The smallest absolute Gasteiger partial charge is 0.243 e. The minimum atomic E-state index is -3.85. The highest BCUT2D eigenvalue weighted by molar-refractivity contribution is 9.10. The van der Waals surface area contributed by atoms with Gasteiger partial charge in [0.1, 0.15) is 10.7 Å². The van der Waals surface area contributed by atoms with Gasteiger partial charge in [-0.25, -0.2) is 17.5 Å². The number of nitrogens with one attached hydrogen (secondary N) is 1. The van der Waals surface area contributed by atoms with E-state index in [9.17, 15) is 12.8 Å². The first-order valence-corrected chi connectivity index (χ1v) is 7.77. The normalized spacial score (nSPS) is 24.4. The Bertz CT molecular complexity index is 549. The summed E-state index contributed by atoms with van der Waals surface area (Å²) in [5.41, 5.74) is 0. The van der Waals surface area contributed by atoms with E-state index >= 15 is 0 Å². The number of halogens is 2. The van der Waals surface area contributed by atoms with Gasteiger partial charge in [-0.3, -0.25) is 0 Å². The molecule has 1 fully saturated rings. The summed E-state index contributed by atoms with van der Waals surface area (Å²) in [6.07, 6.45) is 0.400. The number of hydrogen-bond acceptors (Lipinski definition) is 3. The Kier molecular flexibility index (Phi) is 4.05. The highest BCUT2D eigenvalue weighted by Gasteiger charge is 2.30. The third-order valence-corrected chi connectivity index (χ3v) is 4.88. The first kappa shape index (κ1) is 13.9. The van der Waals surface area contributed by atoms with Crippen LogP contribution in [0, 0.1) is 5.82 Å². The van der Waals surface area contributed by atoms with E-state index in [-0.39, 0.29) is 17.0 Å². The van der Waals surface area contributed by atoms with E-state index in [0.29, 0.717) is 17.5 Å². The molecule has 0 amide bonds. The maximum Gasteiger partial charge on any atom is 0.243 e. The van der Waals surface area contributed by atoms with E-state index in [4.69, 9.17) is 4.74 Å². The zero-order valence-electron chi connectivity index (χ0n) is 9.69. The lowest BCUT2D eigenvalue weighted by molar-refractivity contribution is 0.117. The summed E-state index contributed by atoms with van der Waals surface area (Å²) in [6.45, 7) is 2.30. The van der Waals surface area contributed by atoms with Gasteiger partial charge in [0.05, 0.1) is 12.1 Å². The summed E-state index contributed by atoms with van der Waals surface area (Å²) in [4.78, 5) is -0.343. The lowest BCUT2D eigenvalue weighted by Crippen LogP contribution is -2.39. The van der Waals surface area contributed by atoms with Gasteiger partial charge in [-0.2, -0.15) is 0 Å². The second kappa shape index (κ2) is 5.24. The zero-order valence-corrected chi connectivity index (χ0v) is 12.1. The number of benzene rings is 1. The van der Waals surface area contributed by atoms with Crippen molar-refractivity contribution in [2.75, 3.05) is 6.61 Å². The molecule has 0 bridgehead atoms. The Morgan fingerprint density at radius 3 is 2.78 bits per heavy atom. The minimum Gasteiger partial charge on any atom is -0.377 e. The van der Waals surface area contributed by atoms with Crippen LogP contribution in [-0.4, -0.2) is 27.2 Å². The lowest BCUT2D eigenvalue weighted by atomic mass is 10.2. The molecule has 0 unspecified atom stereocenters. The largest absolute Gasteiger partial charge is 0.377 e. The molecule has 1 aromatic carbocycles. The molecule has 18 heavy (non-hydrogen) atoms. The van der Waals surface area contributed by atoms with Crippen molar-refractivity contribution >= 4 is 26.0 Å². The minimum absolute atomic E-state index is 0.196. The Morgan fingerprint density at radius 1 is 1.50 bits per heavy atom. The third-order valence-electron chi connectivity index (χ3n) is 2.87. The summed E-state index contributed by atoms with van der Waals surface area (Å²) in [6, 6.07) is 3.55. The van der Waals surface area contributed by atoms with Crippen LogP contribution in [0.25, 0.3) is 0 Å². The summed E-state index contributed by atoms with van der Waals surface area (Å²) in [5.74, 6) is -0.775. The highest BCUT2D eigenvalue weighted by atomic mass is 79.9. The van der Waals surface area contributed by atoms with Crippen LogP contribution < -0.4 is 4.72 Å². The molecule has 2 rings (SSSR count). The zero-order chi connectivity index (χ0) is 13.3. The second-order valence-corrected chi connectivity index (χ2v) is 6.77. The molecule has 0 spiro atoms. The average molecular weight is 338 g/mol. The van der Waals surface area contributed by atoms with Crippen molar-refractivity contribution in [2.24, 2.45) is 0 Å². The molecule has 0 saturated carbocycles. The molecule has 1 N–H and O–H groups in total. The Balaban J connectivity index is 2.25. The van der Waals surface area contributed by atoms with Gasteiger partial charge in [-0.1, -0.05) is 15.9 Å². The monoisotopic (exact) mass is 337 g/mol. The van der Waals surface area contributed by atoms with Crippen LogP contribution in [0.3, 0.4) is 0 Å². The van der Waals surface area contributed by atoms with Crippen molar-refractivity contribution in [3.63, 3.8) is 0 Å². The lowest BCUT2D eigenvalue weighted by Gasteiger charge is -2.16. The van der Waals surface area contributed by atoms with Crippen molar-refractivity contribution < 1.29 is 17.5 Å². The Morgan fingerprint density at radius 2 is 2.22 bits per heavy atom. The second-order valence-electron chi connectivity index (χ2n) is 4.17. The van der Waals surface area contributed by atoms with Crippen LogP contribution >= 0.6 is 15.9 Å². The van der Waals surface area contributed by atoms with Crippen LogP contribution in [0.15, 0.2) is 27.6 Å². The van der Waals surface area contributed by atoms with E-state index < -0.39 is 15.8 Å². The first-order chi connectivity index (χ1) is 8.40. The molecule has 1 aliphatic heterocycles. The van der Waals surface area contributed by atoms with Gasteiger partial charge in [0.2, 0.25) is 10.0 Å². The number of rotatable bonds is 3. The molecule has 7 heteroatoms. The van der Waals surface area contributed by atoms with Crippen molar-refractivity contribution in [3.05, 3.63) is 28.5 Å². The molecule has 1 heterocycles. The average Bonchev–Trinajstić information content (AvgIpc) is 2.63. The van der Waals surface area contributed by atoms with E-state index in [1.54, 1.807) is 6.92 Å². The van der Waals surface area contributed by atoms with Gasteiger partial charge in [-0.05, 0) is 31.5 Å². The number of hydrogen-bond donors (Lipinski definition) is 1. The van der Waals surface area contributed by atoms with Crippen LogP contribution in [0.5, 0.6) is 0 Å². The van der Waals surface area contributed by atoms with E-state index in [2.05, 4.69) is 20.7 Å². The van der Waals surface area contributed by atoms with Gasteiger partial charge < -0.3 is 4.74 Å². The summed E-state index contributed by atoms with van der Waals surface area (Å²) in [7, 11) is -3.85. The maximum absolute atomic E-state index is 13.6. The van der Waals surface area contributed by atoms with Crippen LogP contribution in [0.2, 0.25) is 0 Å². The topological polar surface area (TPSA) is 55.4 Å². The fraction of sp³-hybridized carbons (Fsp3) is 0.455. The van der Waals surface area contributed by atoms with E-state index in [1.807, 2.05) is 0 Å². The van der Waals surface area contributed by atoms with Crippen LogP contribution in [-0.2, 0) is 14.8 Å². The van der Waals surface area contributed by atoms with Gasteiger partial charge in [-0.15, -0.1) is 0 Å². The SMILES string of the molecule is C[C@@H]1OCC[C@@H]1NS(=O)(=O)c1ccc(Br)cc1F. The summed E-state index contributed by atoms with van der Waals surface area (Å²) < 4.78 is 46.0. The quantitative estimate of drug-likeness (QED) is 0.918. The molecule has 1 aromatic rings. The standard InChI is InChI=1S/C11H13BrFNO3S/c1-7-10(4-5-17-7)14-18(15,16)11-3-2-8(12)6-9(11)13/h2-3,6-7,10,14H,4-5H2,1H3/t7-,10-/m0/s1. The predicted molar refractivity (Wildman–Crippen MR) is 68.2 cm³/mol. The van der Waals surface area contributed by atoms with Gasteiger partial charge in [0.25, 0.3) is 0 Å². The fourth-order valence-corrected chi connectivity index (χ4v) is 3.57. The van der Waals surface area contributed by atoms with Crippen molar-refractivity contribution in [1.82, 2.24) is 4.72 Å². The molecule has 0 radical (unpaired) electrons. The molecule has 4 nitrogen and oxygen atoms in total. The molecule has 100 valence electrons. The highest BCUT2D eigenvalue weighted by Crippen LogP contribution is 2.21. The summed E-state index contributed by atoms with van der Waals surface area (Å²) in [5, 5.41) is 0. The van der Waals surface area contributed by atoms with Crippen molar-refractivity contribution in [1.29, 1.82) is 0 Å². The van der Waals surface area contributed by atoms with Crippen LogP contribution in [0.4, 0.5) is 4.39 Å². The van der Waals surface area contributed by atoms with Gasteiger partial charge in [0, 0.05) is 11.1 Å². The Hall–Kier alpha value is -0.500. The van der Waals surface area contributed by atoms with E-state index in [0.717, 1.165) is 6.07 Å². The molecular weight excluding hydrogens is 325 g/mol. The molecular formula is C11H13BrFNO3S. The summed E-state index contributed by atoms with van der Waals surface area (Å²) >= 11 is 3.09. The van der Waals surface area contributed by atoms with Crippen LogP contribution in [0.1, 0.15) is 13.3 Å². The third kappa shape index (κ3) is 2.90. The van der Waals surface area contributed by atoms with Gasteiger partial charge >= 0.3 is 0 Å². The molecule has 0 aliphatic carbocycles. The molecule has 1 saturated heterocycles. The van der Waals surface area contributed by atoms with E-state index in [1.165, 1.54) is 12.1 Å². The molecule has 1 aliphatic rings. The van der Waals surface area contributed by atoms with Crippen molar-refractivity contribution in [3.8, 4) is 0 Å². The first-order valence-electron chi connectivity index (χ1n) is 5.49. The predicted octanol–water partition coefficient (Wildman–Crippen LogP) is 2.04.